The number of rotatable bonds is 16. The Morgan fingerprint density at radius 3 is 2.16 bits per heavy atom. The zero-order chi connectivity index (χ0) is 35.9. The van der Waals surface area contributed by atoms with Crippen molar-refractivity contribution in [3.63, 3.8) is 0 Å². The van der Waals surface area contributed by atoms with Gasteiger partial charge in [0, 0.05) is 37.6 Å². The molecule has 5 rings (SSSR count). The lowest BCUT2D eigenvalue weighted by Crippen LogP contribution is -2.51. The Bertz CT molecular complexity index is 1550. The van der Waals surface area contributed by atoms with Crippen LogP contribution >= 0.6 is 0 Å². The lowest BCUT2D eigenvalue weighted by atomic mass is 9.70. The number of hydrogen-bond donors (Lipinski definition) is 1. The first-order chi connectivity index (χ1) is 22.8. The fraction of sp³-hybridized carbons (Fsp3) is 0.718. The number of piperidine rings is 1. The Morgan fingerprint density at radius 2 is 1.59 bits per heavy atom. The van der Waals surface area contributed by atoms with Gasteiger partial charge in [-0.05, 0) is 58.8 Å². The summed E-state index contributed by atoms with van der Waals surface area (Å²) in [6.07, 6.45) is 6.41. The Morgan fingerprint density at radius 1 is 0.959 bits per heavy atom. The second-order valence-corrected chi connectivity index (χ2v) is 19.6. The van der Waals surface area contributed by atoms with Crippen LogP contribution in [0.15, 0.2) is 30.3 Å². The summed E-state index contributed by atoms with van der Waals surface area (Å²) in [5, 5.41) is 0. The van der Waals surface area contributed by atoms with Crippen molar-refractivity contribution in [2.45, 2.75) is 117 Å². The van der Waals surface area contributed by atoms with Crippen LogP contribution in [0.25, 0.3) is 0 Å². The second-order valence-electron chi connectivity index (χ2n) is 17.6. The molecule has 9 nitrogen and oxygen atoms in total. The fourth-order valence-electron chi connectivity index (χ4n) is 9.19. The van der Waals surface area contributed by atoms with Crippen LogP contribution in [0.3, 0.4) is 0 Å². The van der Waals surface area contributed by atoms with Crippen LogP contribution in [0.2, 0.25) is 0 Å². The number of likely N-dealkylation sites (tertiary alicyclic amines) is 1. The maximum absolute atomic E-state index is 14.5. The average molecular weight is 697 g/mol. The van der Waals surface area contributed by atoms with Gasteiger partial charge in [-0.2, -0.15) is 0 Å². The Labute approximate surface area is 292 Å². The number of carbonyl (C=O) groups excluding carboxylic acids is 5. The maximum Gasteiger partial charge on any atom is 0.285 e. The SMILES string of the molecule is CC(C)(C)[C@H](CC(=O)CC1(CS(=O)(=O)Cc2ccccc2)CCCCC1)C(=O)N1CC2[C@@H]([C@H]1C(=O)CC(CC1CC1)C(=O)C(N)=O)C2(C)C. The molecule has 1 heterocycles. The van der Waals surface area contributed by atoms with Gasteiger partial charge in [0.15, 0.2) is 15.6 Å². The van der Waals surface area contributed by atoms with Crippen molar-refractivity contribution in [2.75, 3.05) is 12.3 Å². The number of amides is 2. The van der Waals surface area contributed by atoms with Crippen molar-refractivity contribution in [2.24, 2.45) is 51.6 Å². The van der Waals surface area contributed by atoms with E-state index in [0.717, 1.165) is 37.7 Å². The standard InChI is InChI=1S/C39H56N2O7S/c1-37(2,3)29(20-28(42)21-39(16-10-7-11-17-39)24-49(47,48)23-26-12-8-6-9-13-26)36(46)41-22-30-32(38(30,4)5)33(41)31(43)19-27(18-25-14-15-25)34(44)35(40)45/h6,8-9,12-13,25,27,29-30,32-33H,7,10-11,14-24H2,1-5H3,(H2,40,45)/t27?,29-,30?,32+,33-/m1/s1. The number of benzene rings is 1. The monoisotopic (exact) mass is 696 g/mol. The third kappa shape index (κ3) is 8.71. The van der Waals surface area contributed by atoms with Gasteiger partial charge in [-0.15, -0.1) is 0 Å². The molecule has 0 aromatic heterocycles. The van der Waals surface area contributed by atoms with Crippen molar-refractivity contribution in [1.82, 2.24) is 4.90 Å². The molecule has 0 bridgehead atoms. The van der Waals surface area contributed by atoms with E-state index in [9.17, 15) is 32.4 Å². The number of primary amides is 1. The predicted molar refractivity (Wildman–Crippen MR) is 188 cm³/mol. The number of nitrogens with two attached hydrogens (primary N) is 1. The number of fused-ring (bicyclic) bond motifs is 1. The highest BCUT2D eigenvalue weighted by atomic mass is 32.2. The molecule has 10 heteroatoms. The van der Waals surface area contributed by atoms with E-state index < -0.39 is 50.2 Å². The summed E-state index contributed by atoms with van der Waals surface area (Å²) in [6, 6.07) is 8.39. The minimum absolute atomic E-state index is 0.0244. The zero-order valence-electron chi connectivity index (χ0n) is 30.0. The van der Waals surface area contributed by atoms with Crippen LogP contribution in [0.4, 0.5) is 0 Å². The van der Waals surface area contributed by atoms with E-state index in [1.807, 2.05) is 39.0 Å². The van der Waals surface area contributed by atoms with Crippen molar-refractivity contribution >= 4 is 39.0 Å². The van der Waals surface area contributed by atoms with Crippen LogP contribution in [-0.2, 0) is 39.6 Å². The maximum atomic E-state index is 14.5. The topological polar surface area (TPSA) is 149 Å². The predicted octanol–water partition coefficient (Wildman–Crippen LogP) is 5.48. The molecule has 270 valence electrons. The minimum Gasteiger partial charge on any atom is -0.363 e. The van der Waals surface area contributed by atoms with Gasteiger partial charge in [0.1, 0.15) is 5.78 Å². The lowest BCUT2D eigenvalue weighted by Gasteiger charge is -2.39. The molecule has 1 aliphatic heterocycles. The molecule has 2 N–H and O–H groups in total. The molecule has 4 fully saturated rings. The van der Waals surface area contributed by atoms with Gasteiger partial charge in [-0.3, -0.25) is 24.0 Å². The average Bonchev–Trinajstić information content (AvgIpc) is 3.86. The summed E-state index contributed by atoms with van der Waals surface area (Å²) < 4.78 is 26.9. The first-order valence-electron chi connectivity index (χ1n) is 18.3. The molecule has 4 aliphatic rings. The normalized spacial score (nSPS) is 25.6. The molecule has 1 saturated heterocycles. The van der Waals surface area contributed by atoms with Crippen LogP contribution < -0.4 is 5.73 Å². The number of sulfone groups is 1. The molecule has 49 heavy (non-hydrogen) atoms. The zero-order valence-corrected chi connectivity index (χ0v) is 30.9. The van der Waals surface area contributed by atoms with Crippen molar-refractivity contribution in [3.05, 3.63) is 35.9 Å². The van der Waals surface area contributed by atoms with Crippen LogP contribution in [0.5, 0.6) is 0 Å². The molecule has 0 radical (unpaired) electrons. The van der Waals surface area contributed by atoms with Gasteiger partial charge in [-0.1, -0.05) is 97.1 Å². The van der Waals surface area contributed by atoms with Gasteiger partial charge >= 0.3 is 0 Å². The number of carbonyl (C=O) groups is 5. The van der Waals surface area contributed by atoms with Gasteiger partial charge in [-0.25, -0.2) is 8.42 Å². The minimum atomic E-state index is -3.50. The molecule has 1 aromatic rings. The fourth-order valence-corrected chi connectivity index (χ4v) is 11.3. The number of hydrogen-bond acceptors (Lipinski definition) is 7. The van der Waals surface area contributed by atoms with E-state index in [0.29, 0.717) is 31.7 Å². The third-order valence-electron chi connectivity index (χ3n) is 12.2. The summed E-state index contributed by atoms with van der Waals surface area (Å²) >= 11 is 0. The van der Waals surface area contributed by atoms with Crippen molar-refractivity contribution in [1.29, 1.82) is 0 Å². The van der Waals surface area contributed by atoms with Gasteiger partial charge in [0.05, 0.1) is 17.5 Å². The first kappa shape index (κ1) is 37.4. The van der Waals surface area contributed by atoms with Gasteiger partial charge in [0.25, 0.3) is 5.91 Å². The first-order valence-corrected chi connectivity index (χ1v) is 20.1. The van der Waals surface area contributed by atoms with E-state index in [1.165, 1.54) is 0 Å². The van der Waals surface area contributed by atoms with E-state index in [4.69, 9.17) is 5.73 Å². The van der Waals surface area contributed by atoms with E-state index in [1.54, 1.807) is 17.0 Å². The Hall–Kier alpha value is -2.88. The summed E-state index contributed by atoms with van der Waals surface area (Å²) in [5.41, 5.74) is 4.70. The largest absolute Gasteiger partial charge is 0.363 e. The Balaban J connectivity index is 1.33. The third-order valence-corrected chi connectivity index (χ3v) is 14.0. The van der Waals surface area contributed by atoms with Crippen LogP contribution in [0.1, 0.15) is 111 Å². The summed E-state index contributed by atoms with van der Waals surface area (Å²) in [5.74, 6) is -3.52. The molecule has 3 saturated carbocycles. The number of nitrogens with zero attached hydrogens (tertiary/aromatic N) is 1. The summed E-state index contributed by atoms with van der Waals surface area (Å²) in [7, 11) is -3.50. The summed E-state index contributed by atoms with van der Waals surface area (Å²) in [6.45, 7) is 10.4. The highest BCUT2D eigenvalue weighted by Gasteiger charge is 2.69. The van der Waals surface area contributed by atoms with E-state index in [2.05, 4.69) is 13.8 Å². The highest BCUT2D eigenvalue weighted by Crippen LogP contribution is 2.65. The molecule has 5 atom stereocenters. The van der Waals surface area contributed by atoms with Crippen molar-refractivity contribution < 1.29 is 32.4 Å². The molecule has 2 unspecified atom stereocenters. The van der Waals surface area contributed by atoms with Crippen LogP contribution in [0, 0.1) is 45.8 Å². The quantitative estimate of drug-likeness (QED) is 0.225. The molecule has 1 aromatic carbocycles. The Kier molecular flexibility index (Phi) is 10.7. The highest BCUT2D eigenvalue weighted by molar-refractivity contribution is 7.90. The second kappa shape index (κ2) is 14.0. The molecule has 0 spiro atoms. The number of ketones is 3. The molecular formula is C39H56N2O7S. The molecular weight excluding hydrogens is 641 g/mol. The molecule has 2 amide bonds. The smallest absolute Gasteiger partial charge is 0.285 e. The molecule has 3 aliphatic carbocycles. The van der Waals surface area contributed by atoms with E-state index >= 15 is 0 Å². The van der Waals surface area contributed by atoms with Gasteiger partial charge < -0.3 is 10.6 Å². The van der Waals surface area contributed by atoms with Crippen molar-refractivity contribution in [3.8, 4) is 0 Å². The number of Topliss-reactive ketones (excluding diaryl/α,β-unsaturated/α-hetero) is 3. The lowest BCUT2D eigenvalue weighted by molar-refractivity contribution is -0.148. The van der Waals surface area contributed by atoms with Crippen LogP contribution in [-0.4, -0.2) is 60.8 Å². The van der Waals surface area contributed by atoms with E-state index in [-0.39, 0.29) is 65.5 Å². The van der Waals surface area contributed by atoms with Gasteiger partial charge in [0.2, 0.25) is 11.7 Å². The summed E-state index contributed by atoms with van der Waals surface area (Å²) in [4.78, 5) is 68.8.